The Morgan fingerprint density at radius 3 is 2.56 bits per heavy atom. The largest absolute Gasteiger partial charge is 0.345 e. The maximum atomic E-state index is 12.2. The predicted molar refractivity (Wildman–Crippen MR) is 70.2 cm³/mol. The average molecular weight is 252 g/mol. The van der Waals surface area contributed by atoms with Crippen molar-refractivity contribution in [2.24, 2.45) is 5.92 Å². The Bertz CT molecular complexity index is 326. The number of nitrogens with zero attached hydrogens (tertiary/aromatic N) is 1. The van der Waals surface area contributed by atoms with Gasteiger partial charge in [0.2, 0.25) is 5.91 Å². The minimum atomic E-state index is -0.246. The van der Waals surface area contributed by atoms with Gasteiger partial charge in [-0.05, 0) is 45.7 Å². The Kier molecular flexibility index (Phi) is 4.38. The number of rotatable bonds is 6. The SMILES string of the molecule is CCCC(NC(=O)C1CCCN1C)C(=O)C1CC1. The van der Waals surface area contributed by atoms with Gasteiger partial charge < -0.3 is 5.32 Å². The van der Waals surface area contributed by atoms with Crippen LogP contribution in [-0.4, -0.2) is 42.3 Å². The Morgan fingerprint density at radius 1 is 1.33 bits per heavy atom. The van der Waals surface area contributed by atoms with Crippen molar-refractivity contribution in [2.45, 2.75) is 57.5 Å². The van der Waals surface area contributed by atoms with E-state index in [9.17, 15) is 9.59 Å². The molecular formula is C14H24N2O2. The second-order valence-electron chi connectivity index (χ2n) is 5.67. The van der Waals surface area contributed by atoms with Gasteiger partial charge >= 0.3 is 0 Å². The highest BCUT2D eigenvalue weighted by Crippen LogP contribution is 2.31. The smallest absolute Gasteiger partial charge is 0.237 e. The first kappa shape index (κ1) is 13.5. The van der Waals surface area contributed by atoms with Crippen LogP contribution in [0.15, 0.2) is 0 Å². The molecule has 2 unspecified atom stereocenters. The lowest BCUT2D eigenvalue weighted by Crippen LogP contribution is -2.49. The topological polar surface area (TPSA) is 49.4 Å². The third-order valence-corrected chi connectivity index (χ3v) is 4.04. The molecule has 18 heavy (non-hydrogen) atoms. The molecule has 1 amide bonds. The molecule has 0 aromatic rings. The highest BCUT2D eigenvalue weighted by molar-refractivity contribution is 5.93. The molecule has 102 valence electrons. The average Bonchev–Trinajstić information content (AvgIpc) is 3.10. The number of likely N-dealkylation sites (tertiary alicyclic amines) is 1. The van der Waals surface area contributed by atoms with Crippen molar-refractivity contribution in [3.05, 3.63) is 0 Å². The van der Waals surface area contributed by atoms with Gasteiger partial charge in [-0.2, -0.15) is 0 Å². The summed E-state index contributed by atoms with van der Waals surface area (Å²) in [5, 5.41) is 2.98. The molecule has 4 nitrogen and oxygen atoms in total. The maximum absolute atomic E-state index is 12.2. The van der Waals surface area contributed by atoms with Crippen LogP contribution < -0.4 is 5.32 Å². The summed E-state index contributed by atoms with van der Waals surface area (Å²) in [5.74, 6) is 0.524. The molecule has 1 aliphatic heterocycles. The van der Waals surface area contributed by atoms with Crippen molar-refractivity contribution >= 4 is 11.7 Å². The zero-order chi connectivity index (χ0) is 13.1. The lowest BCUT2D eigenvalue weighted by molar-refractivity contribution is -0.130. The van der Waals surface area contributed by atoms with E-state index in [1.807, 2.05) is 7.05 Å². The molecule has 2 fully saturated rings. The second-order valence-corrected chi connectivity index (χ2v) is 5.67. The van der Waals surface area contributed by atoms with E-state index in [1.54, 1.807) is 0 Å². The Morgan fingerprint density at radius 2 is 2.06 bits per heavy atom. The van der Waals surface area contributed by atoms with Crippen LogP contribution >= 0.6 is 0 Å². The minimum Gasteiger partial charge on any atom is -0.345 e. The van der Waals surface area contributed by atoms with Gasteiger partial charge in [0.25, 0.3) is 0 Å². The van der Waals surface area contributed by atoms with E-state index in [2.05, 4.69) is 17.1 Å². The van der Waals surface area contributed by atoms with E-state index in [0.29, 0.717) is 0 Å². The highest BCUT2D eigenvalue weighted by Gasteiger charge is 2.36. The summed E-state index contributed by atoms with van der Waals surface area (Å²) < 4.78 is 0. The number of hydrogen-bond donors (Lipinski definition) is 1. The summed E-state index contributed by atoms with van der Waals surface area (Å²) in [6.07, 6.45) is 5.72. The Hall–Kier alpha value is -0.900. The molecule has 1 saturated heterocycles. The van der Waals surface area contributed by atoms with Crippen LogP contribution in [0.5, 0.6) is 0 Å². The summed E-state index contributed by atoms with van der Waals surface area (Å²) in [5.41, 5.74) is 0. The molecule has 0 spiro atoms. The van der Waals surface area contributed by atoms with Gasteiger partial charge in [-0.25, -0.2) is 0 Å². The Labute approximate surface area is 109 Å². The van der Waals surface area contributed by atoms with Crippen molar-refractivity contribution in [3.63, 3.8) is 0 Å². The fraction of sp³-hybridized carbons (Fsp3) is 0.857. The summed E-state index contributed by atoms with van der Waals surface area (Å²) in [6.45, 7) is 3.04. The first-order valence-corrected chi connectivity index (χ1v) is 7.17. The number of Topliss-reactive ketones (excluding diaryl/α,β-unsaturated/α-hetero) is 1. The quantitative estimate of drug-likeness (QED) is 0.776. The van der Waals surface area contributed by atoms with Crippen LogP contribution in [-0.2, 0) is 9.59 Å². The second kappa shape index (κ2) is 5.83. The number of amides is 1. The number of hydrogen-bond acceptors (Lipinski definition) is 3. The first-order chi connectivity index (χ1) is 8.63. The van der Waals surface area contributed by atoms with Gasteiger partial charge in [0, 0.05) is 5.92 Å². The molecule has 2 aliphatic rings. The van der Waals surface area contributed by atoms with E-state index in [0.717, 1.165) is 45.1 Å². The Balaban J connectivity index is 1.90. The minimum absolute atomic E-state index is 0.0311. The van der Waals surface area contributed by atoms with Crippen LogP contribution in [0.4, 0.5) is 0 Å². The zero-order valence-corrected chi connectivity index (χ0v) is 11.4. The molecule has 1 aliphatic carbocycles. The van der Waals surface area contributed by atoms with Gasteiger partial charge in [0.15, 0.2) is 5.78 Å². The highest BCUT2D eigenvalue weighted by atomic mass is 16.2. The molecule has 1 N–H and O–H groups in total. The molecular weight excluding hydrogens is 228 g/mol. The number of ketones is 1. The summed E-state index contributed by atoms with van der Waals surface area (Å²) in [4.78, 5) is 26.4. The molecule has 1 heterocycles. The van der Waals surface area contributed by atoms with Crippen molar-refractivity contribution in [1.29, 1.82) is 0 Å². The predicted octanol–water partition coefficient (Wildman–Crippen LogP) is 1.34. The fourth-order valence-corrected chi connectivity index (χ4v) is 2.74. The van der Waals surface area contributed by atoms with Crippen LogP contribution in [0.3, 0.4) is 0 Å². The number of likely N-dealkylation sites (N-methyl/N-ethyl adjacent to an activating group) is 1. The fourth-order valence-electron chi connectivity index (χ4n) is 2.74. The van der Waals surface area contributed by atoms with Crippen molar-refractivity contribution in [3.8, 4) is 0 Å². The number of nitrogens with one attached hydrogen (secondary N) is 1. The number of carbonyl (C=O) groups excluding carboxylic acids is 2. The third-order valence-electron chi connectivity index (χ3n) is 4.04. The maximum Gasteiger partial charge on any atom is 0.237 e. The molecule has 0 radical (unpaired) electrons. The summed E-state index contributed by atoms with van der Waals surface area (Å²) in [6, 6.07) is -0.277. The van der Waals surface area contributed by atoms with Crippen LogP contribution in [0.2, 0.25) is 0 Å². The van der Waals surface area contributed by atoms with Crippen LogP contribution in [0, 0.1) is 5.92 Å². The van der Waals surface area contributed by atoms with Crippen molar-refractivity contribution in [1.82, 2.24) is 10.2 Å². The van der Waals surface area contributed by atoms with Crippen LogP contribution in [0.1, 0.15) is 45.4 Å². The van der Waals surface area contributed by atoms with E-state index >= 15 is 0 Å². The van der Waals surface area contributed by atoms with Gasteiger partial charge in [-0.3, -0.25) is 14.5 Å². The van der Waals surface area contributed by atoms with E-state index in [1.165, 1.54) is 0 Å². The van der Waals surface area contributed by atoms with Crippen LogP contribution in [0.25, 0.3) is 0 Å². The van der Waals surface area contributed by atoms with Crippen molar-refractivity contribution < 1.29 is 9.59 Å². The molecule has 0 aromatic carbocycles. The van der Waals surface area contributed by atoms with Gasteiger partial charge in [-0.15, -0.1) is 0 Å². The lowest BCUT2D eigenvalue weighted by atomic mass is 10.0. The third kappa shape index (κ3) is 3.10. The van der Waals surface area contributed by atoms with Gasteiger partial charge in [0.05, 0.1) is 12.1 Å². The molecule has 0 aromatic heterocycles. The van der Waals surface area contributed by atoms with E-state index in [-0.39, 0.29) is 29.7 Å². The molecule has 0 bridgehead atoms. The zero-order valence-electron chi connectivity index (χ0n) is 11.4. The van der Waals surface area contributed by atoms with Crippen molar-refractivity contribution in [2.75, 3.05) is 13.6 Å². The number of carbonyl (C=O) groups is 2. The summed E-state index contributed by atoms with van der Waals surface area (Å²) >= 11 is 0. The van der Waals surface area contributed by atoms with Gasteiger partial charge in [0.1, 0.15) is 0 Å². The molecule has 2 rings (SSSR count). The van der Waals surface area contributed by atoms with E-state index in [4.69, 9.17) is 0 Å². The molecule has 4 heteroatoms. The summed E-state index contributed by atoms with van der Waals surface area (Å²) in [7, 11) is 1.98. The normalized spacial score (nSPS) is 26.0. The monoisotopic (exact) mass is 252 g/mol. The first-order valence-electron chi connectivity index (χ1n) is 7.17. The lowest BCUT2D eigenvalue weighted by Gasteiger charge is -2.23. The van der Waals surface area contributed by atoms with Gasteiger partial charge in [-0.1, -0.05) is 13.3 Å². The molecule has 2 atom stereocenters. The van der Waals surface area contributed by atoms with E-state index < -0.39 is 0 Å². The molecule has 1 saturated carbocycles. The standard InChI is InChI=1S/C14H24N2O2/c1-3-5-11(13(17)10-7-8-10)15-14(18)12-6-4-9-16(12)2/h10-12H,3-9H2,1-2H3,(H,15,18).